The summed E-state index contributed by atoms with van der Waals surface area (Å²) in [6.45, 7) is 0. The van der Waals surface area contributed by atoms with Crippen molar-refractivity contribution in [3.8, 4) is 0 Å². The van der Waals surface area contributed by atoms with E-state index in [0.717, 1.165) is 28.9 Å². The molecule has 0 aliphatic heterocycles. The van der Waals surface area contributed by atoms with Crippen molar-refractivity contribution < 1.29 is 31.1 Å². The highest BCUT2D eigenvalue weighted by atomic mass is 32.2. The van der Waals surface area contributed by atoms with Gasteiger partial charge >= 0.3 is 11.5 Å². The van der Waals surface area contributed by atoms with Crippen molar-refractivity contribution in [2.75, 3.05) is 11.8 Å². The molecule has 0 amide bonds. The first-order valence-corrected chi connectivity index (χ1v) is 8.83. The molecule has 0 fully saturated rings. The smallest absolute Gasteiger partial charge is 0.446 e. The SMILES string of the molecule is COC(=O)c1cc(NS(=O)(=O)c2ccc(SC(F)(F)F)cc2)nn1C. The molecule has 7 nitrogen and oxygen atoms in total. The molecule has 0 bridgehead atoms. The maximum Gasteiger partial charge on any atom is 0.446 e. The number of benzene rings is 1. The van der Waals surface area contributed by atoms with E-state index in [1.54, 1.807) is 0 Å². The number of thioether (sulfide) groups is 1. The third kappa shape index (κ3) is 4.89. The van der Waals surface area contributed by atoms with E-state index in [1.165, 1.54) is 20.2 Å². The van der Waals surface area contributed by atoms with Crippen LogP contribution in [0.25, 0.3) is 0 Å². The molecule has 0 saturated heterocycles. The number of hydrogen-bond donors (Lipinski definition) is 1. The highest BCUT2D eigenvalue weighted by Crippen LogP contribution is 2.37. The van der Waals surface area contributed by atoms with Crippen LogP contribution in [0.15, 0.2) is 40.1 Å². The number of hydrogen-bond acceptors (Lipinski definition) is 6. The lowest BCUT2D eigenvalue weighted by atomic mass is 10.4. The zero-order valence-corrected chi connectivity index (χ0v) is 14.5. The van der Waals surface area contributed by atoms with Crippen molar-refractivity contribution in [2.45, 2.75) is 15.3 Å². The van der Waals surface area contributed by atoms with Gasteiger partial charge in [0.05, 0.1) is 12.0 Å². The lowest BCUT2D eigenvalue weighted by Gasteiger charge is -2.08. The Kier molecular flexibility index (Phi) is 5.32. The fourth-order valence-electron chi connectivity index (χ4n) is 1.83. The molecule has 12 heteroatoms. The van der Waals surface area contributed by atoms with Crippen molar-refractivity contribution in [1.29, 1.82) is 0 Å². The number of nitrogens with one attached hydrogen (secondary N) is 1. The number of aryl methyl sites for hydroxylation is 1. The summed E-state index contributed by atoms with van der Waals surface area (Å²) in [5.41, 5.74) is -4.44. The maximum atomic E-state index is 12.3. The van der Waals surface area contributed by atoms with Gasteiger partial charge in [-0.05, 0) is 36.0 Å². The van der Waals surface area contributed by atoms with Crippen molar-refractivity contribution in [2.24, 2.45) is 7.05 Å². The number of nitrogens with zero attached hydrogens (tertiary/aromatic N) is 2. The lowest BCUT2D eigenvalue weighted by Crippen LogP contribution is -2.13. The van der Waals surface area contributed by atoms with Gasteiger partial charge < -0.3 is 4.74 Å². The highest BCUT2D eigenvalue weighted by Gasteiger charge is 2.29. The second kappa shape index (κ2) is 6.96. The number of ether oxygens (including phenoxy) is 1. The van der Waals surface area contributed by atoms with Crippen LogP contribution in [0.5, 0.6) is 0 Å². The molecule has 2 rings (SSSR count). The molecule has 0 radical (unpaired) electrons. The number of methoxy groups -OCH3 is 1. The average Bonchev–Trinajstić information content (AvgIpc) is 2.85. The average molecular weight is 395 g/mol. The molecule has 136 valence electrons. The van der Waals surface area contributed by atoms with Gasteiger partial charge in [-0.15, -0.1) is 0 Å². The van der Waals surface area contributed by atoms with E-state index >= 15 is 0 Å². The summed E-state index contributed by atoms with van der Waals surface area (Å²) >= 11 is -0.347. The minimum Gasteiger partial charge on any atom is -0.464 e. The monoisotopic (exact) mass is 395 g/mol. The van der Waals surface area contributed by atoms with Crippen LogP contribution in [0, 0.1) is 0 Å². The molecule has 0 aliphatic rings. The van der Waals surface area contributed by atoms with Crippen LogP contribution < -0.4 is 4.72 Å². The number of esters is 1. The molecule has 1 aromatic carbocycles. The molecule has 2 aromatic rings. The molecule has 1 N–H and O–H groups in total. The van der Waals surface area contributed by atoms with E-state index in [4.69, 9.17) is 0 Å². The molecule has 0 unspecified atom stereocenters. The number of halogens is 3. The van der Waals surface area contributed by atoms with E-state index in [9.17, 15) is 26.4 Å². The number of carbonyl (C=O) groups is 1. The van der Waals surface area contributed by atoms with E-state index in [-0.39, 0.29) is 33.1 Å². The van der Waals surface area contributed by atoms with Crippen LogP contribution in [-0.2, 0) is 21.8 Å². The van der Waals surface area contributed by atoms with Gasteiger partial charge in [0.2, 0.25) is 0 Å². The zero-order chi connectivity index (χ0) is 18.8. The van der Waals surface area contributed by atoms with E-state index in [0.29, 0.717) is 0 Å². The maximum absolute atomic E-state index is 12.3. The largest absolute Gasteiger partial charge is 0.464 e. The second-order valence-electron chi connectivity index (χ2n) is 4.65. The minimum atomic E-state index is -4.46. The molecular formula is C13H12F3N3O4S2. The second-order valence-corrected chi connectivity index (χ2v) is 7.48. The van der Waals surface area contributed by atoms with Gasteiger partial charge in [0.15, 0.2) is 5.82 Å². The van der Waals surface area contributed by atoms with Crippen LogP contribution in [0.1, 0.15) is 10.5 Å². The Morgan fingerprint density at radius 1 is 1.28 bits per heavy atom. The number of aromatic nitrogens is 2. The van der Waals surface area contributed by atoms with Gasteiger partial charge in [-0.3, -0.25) is 9.40 Å². The zero-order valence-electron chi connectivity index (χ0n) is 12.9. The van der Waals surface area contributed by atoms with Crippen molar-refractivity contribution in [3.63, 3.8) is 0 Å². The number of rotatable bonds is 5. The van der Waals surface area contributed by atoms with Gasteiger partial charge in [-0.25, -0.2) is 13.2 Å². The molecule has 0 spiro atoms. The van der Waals surface area contributed by atoms with E-state index in [1.807, 2.05) is 0 Å². The summed E-state index contributed by atoms with van der Waals surface area (Å²) in [5.74, 6) is -0.828. The number of carbonyl (C=O) groups excluding carboxylic acids is 1. The normalized spacial score (nSPS) is 12.0. The van der Waals surface area contributed by atoms with Crippen molar-refractivity contribution in [1.82, 2.24) is 9.78 Å². The third-order valence-corrected chi connectivity index (χ3v) is 4.99. The lowest BCUT2D eigenvalue weighted by molar-refractivity contribution is -0.0328. The van der Waals surface area contributed by atoms with E-state index in [2.05, 4.69) is 14.6 Å². The van der Waals surface area contributed by atoms with Crippen LogP contribution >= 0.6 is 11.8 Å². The molecule has 0 atom stereocenters. The van der Waals surface area contributed by atoms with Gasteiger partial charge in [-0.2, -0.15) is 18.3 Å². The molecule has 1 heterocycles. The Hall–Kier alpha value is -2.21. The van der Waals surface area contributed by atoms with Gasteiger partial charge in [-0.1, -0.05) is 0 Å². The Morgan fingerprint density at radius 3 is 2.40 bits per heavy atom. The summed E-state index contributed by atoms with van der Waals surface area (Å²) in [6.07, 6.45) is 0. The standard InChI is InChI=1S/C13H12F3N3O4S2/c1-19-10(12(20)23-2)7-11(17-19)18-25(21,22)9-5-3-8(4-6-9)24-13(14,15)16/h3-7H,1-2H3,(H,17,18). The van der Waals surface area contributed by atoms with Crippen LogP contribution in [0.2, 0.25) is 0 Å². The summed E-state index contributed by atoms with van der Waals surface area (Å²) in [5, 5.41) is 3.83. The number of anilines is 1. The summed E-state index contributed by atoms with van der Waals surface area (Å²) in [7, 11) is -1.49. The molecule has 0 aliphatic carbocycles. The van der Waals surface area contributed by atoms with Crippen LogP contribution in [0.3, 0.4) is 0 Å². The summed E-state index contributed by atoms with van der Waals surface area (Å²) < 4.78 is 69.2. The first-order valence-electron chi connectivity index (χ1n) is 6.53. The van der Waals surface area contributed by atoms with E-state index < -0.39 is 21.5 Å². The first-order chi connectivity index (χ1) is 11.5. The summed E-state index contributed by atoms with van der Waals surface area (Å²) in [4.78, 5) is 11.1. The molecule has 0 saturated carbocycles. The Labute approximate surface area is 145 Å². The first kappa shape index (κ1) is 19.1. The predicted octanol–water partition coefficient (Wildman–Crippen LogP) is 2.62. The van der Waals surface area contributed by atoms with Crippen molar-refractivity contribution >= 4 is 33.6 Å². The molecule has 1 aromatic heterocycles. The fraction of sp³-hybridized carbons (Fsp3) is 0.231. The molecule has 25 heavy (non-hydrogen) atoms. The van der Waals surface area contributed by atoms with Gasteiger partial charge in [0.1, 0.15) is 5.69 Å². The quantitative estimate of drug-likeness (QED) is 0.618. The van der Waals surface area contributed by atoms with Gasteiger partial charge in [0, 0.05) is 18.0 Å². The summed E-state index contributed by atoms with van der Waals surface area (Å²) in [6, 6.07) is 5.36. The fourth-order valence-corrected chi connectivity index (χ4v) is 3.36. The minimum absolute atomic E-state index is 0.0251. The Morgan fingerprint density at radius 2 is 1.88 bits per heavy atom. The Balaban J connectivity index is 2.21. The van der Waals surface area contributed by atoms with Crippen molar-refractivity contribution in [3.05, 3.63) is 36.0 Å². The number of alkyl halides is 3. The molecular weight excluding hydrogens is 383 g/mol. The number of sulfonamides is 1. The highest BCUT2D eigenvalue weighted by molar-refractivity contribution is 8.00. The predicted molar refractivity (Wildman–Crippen MR) is 83.7 cm³/mol. The van der Waals surface area contributed by atoms with Crippen LogP contribution in [0.4, 0.5) is 19.0 Å². The van der Waals surface area contributed by atoms with Crippen LogP contribution in [-0.4, -0.2) is 36.8 Å². The third-order valence-electron chi connectivity index (χ3n) is 2.88. The Bertz CT molecular complexity index is 877. The topological polar surface area (TPSA) is 90.3 Å². The van der Waals surface area contributed by atoms with Gasteiger partial charge in [0.25, 0.3) is 10.0 Å².